The van der Waals surface area contributed by atoms with Crippen LogP contribution in [0.4, 0.5) is 4.39 Å². The largest absolute Gasteiger partial charge is 0.381 e. The Balaban J connectivity index is 1.82. The number of nitrogens with one attached hydrogen (secondary N) is 1. The Morgan fingerprint density at radius 2 is 1.88 bits per heavy atom. The molecule has 2 aliphatic rings. The van der Waals surface area contributed by atoms with Crippen LogP contribution >= 0.6 is 0 Å². The fraction of sp³-hybridized carbons (Fsp3) is 0.579. The number of carbonyl (C=O) groups is 2. The molecule has 2 aliphatic heterocycles. The molecule has 1 spiro atoms. The quantitative estimate of drug-likeness (QED) is 0.911. The molecule has 2 heterocycles. The maximum Gasteiger partial charge on any atom is 0.253 e. The number of nitrogens with zero attached hydrogens (tertiary/aromatic N) is 1. The molecular weight excluding hydrogens is 323 g/mol. The van der Waals surface area contributed by atoms with Gasteiger partial charge in [0.25, 0.3) is 5.91 Å². The molecule has 1 aromatic rings. The molecule has 5 nitrogen and oxygen atoms in total. The van der Waals surface area contributed by atoms with Gasteiger partial charge in [0.15, 0.2) is 0 Å². The van der Waals surface area contributed by atoms with Crippen LogP contribution in [0.15, 0.2) is 24.3 Å². The summed E-state index contributed by atoms with van der Waals surface area (Å²) in [7, 11) is 0. The molecule has 0 bridgehead atoms. The van der Waals surface area contributed by atoms with Gasteiger partial charge < -0.3 is 15.0 Å². The highest BCUT2D eigenvalue weighted by Gasteiger charge is 2.51. The number of carbonyl (C=O) groups excluding carboxylic acids is 2. The van der Waals surface area contributed by atoms with Crippen LogP contribution in [0.2, 0.25) is 0 Å². The number of halogens is 1. The topological polar surface area (TPSA) is 58.6 Å². The number of likely N-dealkylation sites (tertiary alicyclic amines) is 1. The standard InChI is InChI=1S/C19H25FN2O3/c1-13(2)21-17(23)16-11-22(12-19(16)7-9-25-10-8-19)18(24)14-3-5-15(20)6-4-14/h3-6,13,16H,7-12H2,1-2H3,(H,21,23)/t16-/m1/s1. The van der Waals surface area contributed by atoms with E-state index in [1.165, 1.54) is 24.3 Å². The van der Waals surface area contributed by atoms with Crippen molar-refractivity contribution < 1.29 is 18.7 Å². The molecule has 0 aromatic heterocycles. The fourth-order valence-electron chi connectivity index (χ4n) is 3.93. The van der Waals surface area contributed by atoms with E-state index in [0.29, 0.717) is 31.9 Å². The second-order valence-electron chi connectivity index (χ2n) is 7.38. The van der Waals surface area contributed by atoms with E-state index in [1.54, 1.807) is 4.90 Å². The summed E-state index contributed by atoms with van der Waals surface area (Å²) < 4.78 is 18.6. The van der Waals surface area contributed by atoms with Gasteiger partial charge in [0.05, 0.1) is 5.92 Å². The first-order chi connectivity index (χ1) is 11.9. The molecule has 0 radical (unpaired) electrons. The maximum absolute atomic E-state index is 13.1. The first kappa shape index (κ1) is 17.9. The molecule has 1 aromatic carbocycles. The fourth-order valence-corrected chi connectivity index (χ4v) is 3.93. The van der Waals surface area contributed by atoms with Gasteiger partial charge in [-0.3, -0.25) is 9.59 Å². The third-order valence-electron chi connectivity index (χ3n) is 5.26. The van der Waals surface area contributed by atoms with Crippen LogP contribution in [0.25, 0.3) is 0 Å². The first-order valence-electron chi connectivity index (χ1n) is 8.84. The minimum Gasteiger partial charge on any atom is -0.381 e. The second kappa shape index (κ2) is 7.12. The Kier molecular flexibility index (Phi) is 5.08. The monoisotopic (exact) mass is 348 g/mol. The lowest BCUT2D eigenvalue weighted by atomic mass is 9.71. The van der Waals surface area contributed by atoms with Crippen LogP contribution in [0, 0.1) is 17.2 Å². The molecule has 1 atom stereocenters. The number of benzene rings is 1. The van der Waals surface area contributed by atoms with Crippen LogP contribution in [0.1, 0.15) is 37.0 Å². The highest BCUT2D eigenvalue weighted by atomic mass is 19.1. The molecule has 3 rings (SSSR count). The minimum atomic E-state index is -0.368. The predicted molar refractivity (Wildman–Crippen MR) is 91.6 cm³/mol. The summed E-state index contributed by atoms with van der Waals surface area (Å²) in [5.74, 6) is -0.742. The zero-order valence-electron chi connectivity index (χ0n) is 14.8. The molecule has 2 amide bonds. The van der Waals surface area contributed by atoms with E-state index in [2.05, 4.69) is 5.32 Å². The lowest BCUT2D eigenvalue weighted by Gasteiger charge is -2.37. The van der Waals surface area contributed by atoms with Crippen molar-refractivity contribution in [2.24, 2.45) is 11.3 Å². The lowest BCUT2D eigenvalue weighted by Crippen LogP contribution is -2.46. The first-order valence-corrected chi connectivity index (χ1v) is 8.84. The van der Waals surface area contributed by atoms with E-state index < -0.39 is 0 Å². The van der Waals surface area contributed by atoms with Crippen molar-refractivity contribution in [2.45, 2.75) is 32.7 Å². The zero-order chi connectivity index (χ0) is 18.0. The Labute approximate surface area is 147 Å². The molecule has 25 heavy (non-hydrogen) atoms. The molecule has 1 N–H and O–H groups in total. The van der Waals surface area contributed by atoms with Gasteiger partial charge in [-0.05, 0) is 51.0 Å². The van der Waals surface area contributed by atoms with Gasteiger partial charge >= 0.3 is 0 Å². The molecular formula is C19H25FN2O3. The van der Waals surface area contributed by atoms with E-state index in [4.69, 9.17) is 4.74 Å². The lowest BCUT2D eigenvalue weighted by molar-refractivity contribution is -0.130. The van der Waals surface area contributed by atoms with Gasteiger partial charge in [-0.1, -0.05) is 0 Å². The van der Waals surface area contributed by atoms with E-state index in [1.807, 2.05) is 13.8 Å². The Morgan fingerprint density at radius 3 is 2.48 bits per heavy atom. The third kappa shape index (κ3) is 3.68. The summed E-state index contributed by atoms with van der Waals surface area (Å²) in [5.41, 5.74) is 0.223. The summed E-state index contributed by atoms with van der Waals surface area (Å²) in [6.07, 6.45) is 1.55. The summed E-state index contributed by atoms with van der Waals surface area (Å²) in [6.45, 7) is 6.04. The summed E-state index contributed by atoms with van der Waals surface area (Å²) in [6, 6.07) is 5.63. The van der Waals surface area contributed by atoms with Gasteiger partial charge in [0, 0.05) is 43.3 Å². The molecule has 0 saturated carbocycles. The minimum absolute atomic E-state index is 0.00584. The van der Waals surface area contributed by atoms with E-state index in [0.717, 1.165) is 12.8 Å². The molecule has 0 aliphatic carbocycles. The van der Waals surface area contributed by atoms with Crippen LogP contribution < -0.4 is 5.32 Å². The Bertz CT molecular complexity index is 639. The summed E-state index contributed by atoms with van der Waals surface area (Å²) >= 11 is 0. The average molecular weight is 348 g/mol. The number of rotatable bonds is 3. The number of hydrogen-bond acceptors (Lipinski definition) is 3. The van der Waals surface area contributed by atoms with Crippen LogP contribution in [0.3, 0.4) is 0 Å². The normalized spacial score (nSPS) is 22.4. The molecule has 0 unspecified atom stereocenters. The third-order valence-corrected chi connectivity index (χ3v) is 5.26. The maximum atomic E-state index is 13.1. The van der Waals surface area contributed by atoms with Gasteiger partial charge in [0.2, 0.25) is 5.91 Å². The predicted octanol–water partition coefficient (Wildman–Crippen LogP) is 2.22. The molecule has 6 heteroatoms. The summed E-state index contributed by atoms with van der Waals surface area (Å²) in [4.78, 5) is 27.3. The van der Waals surface area contributed by atoms with E-state index >= 15 is 0 Å². The van der Waals surface area contributed by atoms with Crippen molar-refractivity contribution in [1.29, 1.82) is 0 Å². The van der Waals surface area contributed by atoms with Crippen molar-refractivity contribution in [2.75, 3.05) is 26.3 Å². The smallest absolute Gasteiger partial charge is 0.253 e. The Morgan fingerprint density at radius 1 is 1.24 bits per heavy atom. The summed E-state index contributed by atoms with van der Waals surface area (Å²) in [5, 5.41) is 3.00. The number of amides is 2. The Hall–Kier alpha value is -1.95. The number of hydrogen-bond donors (Lipinski definition) is 1. The van der Waals surface area contributed by atoms with Crippen molar-refractivity contribution in [3.05, 3.63) is 35.6 Å². The van der Waals surface area contributed by atoms with Gasteiger partial charge in [-0.25, -0.2) is 4.39 Å². The van der Waals surface area contributed by atoms with Crippen LogP contribution in [-0.2, 0) is 9.53 Å². The van der Waals surface area contributed by atoms with Gasteiger partial charge in [0.1, 0.15) is 5.82 Å². The van der Waals surface area contributed by atoms with E-state index in [-0.39, 0.29) is 35.0 Å². The van der Waals surface area contributed by atoms with Crippen LogP contribution in [0.5, 0.6) is 0 Å². The van der Waals surface area contributed by atoms with Crippen molar-refractivity contribution in [3.63, 3.8) is 0 Å². The van der Waals surface area contributed by atoms with Gasteiger partial charge in [-0.2, -0.15) is 0 Å². The van der Waals surface area contributed by atoms with Crippen LogP contribution in [-0.4, -0.2) is 49.1 Å². The average Bonchev–Trinajstić information content (AvgIpc) is 2.94. The van der Waals surface area contributed by atoms with Crippen molar-refractivity contribution >= 4 is 11.8 Å². The molecule has 2 fully saturated rings. The van der Waals surface area contributed by atoms with Gasteiger partial charge in [-0.15, -0.1) is 0 Å². The van der Waals surface area contributed by atoms with Crippen molar-refractivity contribution in [1.82, 2.24) is 10.2 Å². The highest BCUT2D eigenvalue weighted by molar-refractivity contribution is 5.95. The zero-order valence-corrected chi connectivity index (χ0v) is 14.8. The van der Waals surface area contributed by atoms with E-state index in [9.17, 15) is 14.0 Å². The van der Waals surface area contributed by atoms with Crippen molar-refractivity contribution in [3.8, 4) is 0 Å². The molecule has 136 valence electrons. The second-order valence-corrected chi connectivity index (χ2v) is 7.38. The number of ether oxygens (including phenoxy) is 1. The SMILES string of the molecule is CC(C)NC(=O)[C@H]1CN(C(=O)c2ccc(F)cc2)CC12CCOCC2. The molecule has 2 saturated heterocycles. The highest BCUT2D eigenvalue weighted by Crippen LogP contribution is 2.44.